The Morgan fingerprint density at radius 2 is 1.15 bits per heavy atom. The second kappa shape index (κ2) is 4.26. The third-order valence-corrected chi connectivity index (χ3v) is 3.77. The fraction of sp³-hybridized carbons (Fsp3) is 0.917. The number of Topliss-reactive ketones (excluding diaryl/α,β-unsaturated/α-hetero) is 1. The number of carbonyl (C=O) groups excluding carboxylic acids is 1. The van der Waals surface area contributed by atoms with Crippen molar-refractivity contribution in [3.05, 3.63) is 0 Å². The Hall–Kier alpha value is -0.330. The molecule has 2 rings (SSSR count). The van der Waals surface area contributed by atoms with Gasteiger partial charge in [0.1, 0.15) is 5.78 Å². The summed E-state index contributed by atoms with van der Waals surface area (Å²) < 4.78 is 0. The molecule has 1 nitrogen and oxygen atoms in total. The van der Waals surface area contributed by atoms with Crippen molar-refractivity contribution in [1.82, 2.24) is 0 Å². The first-order valence-electron chi connectivity index (χ1n) is 5.91. The summed E-state index contributed by atoms with van der Waals surface area (Å²) in [5.41, 5.74) is 0. The van der Waals surface area contributed by atoms with Crippen LogP contribution in [-0.4, -0.2) is 5.78 Å². The van der Waals surface area contributed by atoms with E-state index in [-0.39, 0.29) is 0 Å². The third-order valence-electron chi connectivity index (χ3n) is 3.77. The molecule has 0 amide bonds. The molecule has 2 aliphatic carbocycles. The van der Waals surface area contributed by atoms with Gasteiger partial charge in [-0.1, -0.05) is 32.1 Å². The zero-order valence-corrected chi connectivity index (χ0v) is 8.43. The fourth-order valence-electron chi connectivity index (χ4n) is 2.59. The lowest BCUT2D eigenvalue weighted by Gasteiger charge is -2.27. The monoisotopic (exact) mass is 180 g/mol. The van der Waals surface area contributed by atoms with Crippen LogP contribution in [0.5, 0.6) is 0 Å². The number of carbonyl (C=O) groups is 1. The van der Waals surface area contributed by atoms with Gasteiger partial charge in [-0.05, 0) is 25.7 Å². The number of hydrogen-bond acceptors (Lipinski definition) is 1. The molecule has 2 aliphatic rings. The molecule has 0 aliphatic heterocycles. The van der Waals surface area contributed by atoms with Crippen molar-refractivity contribution < 1.29 is 4.79 Å². The van der Waals surface area contributed by atoms with Crippen molar-refractivity contribution in [2.75, 3.05) is 0 Å². The maximum Gasteiger partial charge on any atom is 0.139 e. The van der Waals surface area contributed by atoms with Gasteiger partial charge in [0.25, 0.3) is 0 Å². The Labute approximate surface area is 80.9 Å². The van der Waals surface area contributed by atoms with E-state index in [0.717, 1.165) is 0 Å². The van der Waals surface area contributed by atoms with Crippen LogP contribution in [0.25, 0.3) is 0 Å². The molecular formula is C12H20O. The summed E-state index contributed by atoms with van der Waals surface area (Å²) in [5, 5.41) is 0. The van der Waals surface area contributed by atoms with Crippen molar-refractivity contribution in [3.8, 4) is 0 Å². The minimum Gasteiger partial charge on any atom is -0.299 e. The maximum atomic E-state index is 11.9. The van der Waals surface area contributed by atoms with E-state index < -0.39 is 0 Å². The van der Waals surface area contributed by atoms with E-state index in [2.05, 4.69) is 0 Å². The Kier molecular flexibility index (Phi) is 3.02. The fourth-order valence-corrected chi connectivity index (χ4v) is 2.59. The zero-order valence-electron chi connectivity index (χ0n) is 8.43. The van der Waals surface area contributed by atoms with Crippen molar-refractivity contribution in [1.29, 1.82) is 0 Å². The molecule has 0 unspecified atom stereocenters. The summed E-state index contributed by atoms with van der Waals surface area (Å²) in [6.07, 6.45) is 11.4. The van der Waals surface area contributed by atoms with Crippen LogP contribution in [-0.2, 0) is 4.79 Å². The lowest BCUT2D eigenvalue weighted by atomic mass is 9.76. The average molecular weight is 180 g/mol. The predicted octanol–water partition coefficient (Wildman–Crippen LogP) is 3.33. The van der Waals surface area contributed by atoms with Gasteiger partial charge in [-0.3, -0.25) is 4.79 Å². The molecular weight excluding hydrogens is 160 g/mol. The molecule has 0 atom stereocenters. The van der Waals surface area contributed by atoms with Crippen molar-refractivity contribution in [2.24, 2.45) is 11.8 Å². The van der Waals surface area contributed by atoms with Crippen LogP contribution in [0.2, 0.25) is 0 Å². The Balaban J connectivity index is 1.85. The van der Waals surface area contributed by atoms with Crippen LogP contribution < -0.4 is 0 Å². The van der Waals surface area contributed by atoms with E-state index in [1.165, 1.54) is 57.8 Å². The molecule has 0 spiro atoms. The van der Waals surface area contributed by atoms with Crippen molar-refractivity contribution in [3.63, 3.8) is 0 Å². The van der Waals surface area contributed by atoms with E-state index in [9.17, 15) is 4.79 Å². The van der Waals surface area contributed by atoms with Gasteiger partial charge < -0.3 is 0 Å². The van der Waals surface area contributed by atoms with Crippen LogP contribution in [0.3, 0.4) is 0 Å². The van der Waals surface area contributed by atoms with Gasteiger partial charge in [-0.2, -0.15) is 0 Å². The molecule has 0 aromatic carbocycles. The first-order valence-corrected chi connectivity index (χ1v) is 5.91. The number of rotatable bonds is 2. The van der Waals surface area contributed by atoms with Gasteiger partial charge in [0.2, 0.25) is 0 Å². The topological polar surface area (TPSA) is 17.1 Å². The van der Waals surface area contributed by atoms with Crippen LogP contribution in [0, 0.1) is 11.8 Å². The Bertz CT molecular complexity index is 174. The minimum atomic E-state index is 0.452. The smallest absolute Gasteiger partial charge is 0.139 e. The molecule has 0 bridgehead atoms. The summed E-state index contributed by atoms with van der Waals surface area (Å²) in [7, 11) is 0. The van der Waals surface area contributed by atoms with Crippen molar-refractivity contribution >= 4 is 5.78 Å². The molecule has 2 fully saturated rings. The molecule has 0 aromatic rings. The van der Waals surface area contributed by atoms with E-state index >= 15 is 0 Å². The second-order valence-corrected chi connectivity index (χ2v) is 4.72. The molecule has 74 valence electrons. The highest BCUT2D eigenvalue weighted by Crippen LogP contribution is 2.34. The van der Waals surface area contributed by atoms with E-state index in [4.69, 9.17) is 0 Å². The molecule has 13 heavy (non-hydrogen) atoms. The second-order valence-electron chi connectivity index (χ2n) is 4.72. The van der Waals surface area contributed by atoms with Gasteiger partial charge in [-0.25, -0.2) is 0 Å². The summed E-state index contributed by atoms with van der Waals surface area (Å²) in [4.78, 5) is 11.9. The number of ketones is 1. The van der Waals surface area contributed by atoms with Gasteiger partial charge in [0.05, 0.1) is 0 Å². The first kappa shape index (κ1) is 9.23. The summed E-state index contributed by atoms with van der Waals surface area (Å²) in [5.74, 6) is 1.55. The van der Waals surface area contributed by atoms with Crippen LogP contribution in [0.4, 0.5) is 0 Å². The van der Waals surface area contributed by atoms with Gasteiger partial charge in [-0.15, -0.1) is 0 Å². The molecule has 0 radical (unpaired) electrons. The summed E-state index contributed by atoms with van der Waals surface area (Å²) in [6.45, 7) is 0. The Morgan fingerprint density at radius 1 is 0.692 bits per heavy atom. The third kappa shape index (κ3) is 2.12. The van der Waals surface area contributed by atoms with Gasteiger partial charge in [0, 0.05) is 11.8 Å². The SMILES string of the molecule is O=C(C1CCCCCC1)C1CCC1. The van der Waals surface area contributed by atoms with Crippen LogP contribution in [0.15, 0.2) is 0 Å². The van der Waals surface area contributed by atoms with Gasteiger partial charge >= 0.3 is 0 Å². The number of hydrogen-bond donors (Lipinski definition) is 0. The normalized spacial score (nSPS) is 26.5. The molecule has 2 saturated carbocycles. The minimum absolute atomic E-state index is 0.452. The predicted molar refractivity (Wildman–Crippen MR) is 53.5 cm³/mol. The summed E-state index contributed by atoms with van der Waals surface area (Å²) >= 11 is 0. The average Bonchev–Trinajstić information content (AvgIpc) is 2.27. The molecule has 0 saturated heterocycles. The maximum absolute atomic E-state index is 11.9. The molecule has 0 heterocycles. The van der Waals surface area contributed by atoms with Crippen molar-refractivity contribution in [2.45, 2.75) is 57.8 Å². The zero-order chi connectivity index (χ0) is 9.10. The van der Waals surface area contributed by atoms with E-state index in [1.54, 1.807) is 0 Å². The van der Waals surface area contributed by atoms with E-state index in [1.807, 2.05) is 0 Å². The molecule has 0 N–H and O–H groups in total. The lowest BCUT2D eigenvalue weighted by Crippen LogP contribution is -2.28. The highest BCUT2D eigenvalue weighted by Gasteiger charge is 2.30. The highest BCUT2D eigenvalue weighted by molar-refractivity contribution is 5.84. The van der Waals surface area contributed by atoms with Gasteiger partial charge in [0.15, 0.2) is 0 Å². The largest absolute Gasteiger partial charge is 0.299 e. The summed E-state index contributed by atoms with van der Waals surface area (Å²) in [6, 6.07) is 0. The standard InChI is InChI=1S/C12H20O/c13-12(11-8-5-9-11)10-6-3-1-2-4-7-10/h10-11H,1-9H2. The van der Waals surface area contributed by atoms with Crippen LogP contribution >= 0.6 is 0 Å². The lowest BCUT2D eigenvalue weighted by molar-refractivity contribution is -0.129. The Morgan fingerprint density at radius 3 is 1.54 bits per heavy atom. The first-order chi connectivity index (χ1) is 6.38. The quantitative estimate of drug-likeness (QED) is 0.596. The molecule has 0 aromatic heterocycles. The highest BCUT2D eigenvalue weighted by atomic mass is 16.1. The van der Waals surface area contributed by atoms with Crippen LogP contribution in [0.1, 0.15) is 57.8 Å². The molecule has 1 heteroatoms. The van der Waals surface area contributed by atoms with E-state index in [0.29, 0.717) is 17.6 Å².